The van der Waals surface area contributed by atoms with Crippen molar-refractivity contribution < 1.29 is 0 Å². The smallest absolute Gasteiger partial charge is 0.229 e. The SMILES string of the molecule is Cc1cc(-c2csc(Nc3ccccn3)n2)c(C)n1-c1ncn[nH]1. The summed E-state index contributed by atoms with van der Waals surface area (Å²) in [7, 11) is 0. The van der Waals surface area contributed by atoms with Gasteiger partial charge in [-0.2, -0.15) is 10.1 Å². The van der Waals surface area contributed by atoms with E-state index in [1.165, 1.54) is 6.33 Å². The Kier molecular flexibility index (Phi) is 3.58. The van der Waals surface area contributed by atoms with Gasteiger partial charge in [0.15, 0.2) is 5.13 Å². The Hall–Kier alpha value is -3.00. The summed E-state index contributed by atoms with van der Waals surface area (Å²) in [5.41, 5.74) is 4.15. The quantitative estimate of drug-likeness (QED) is 0.595. The fourth-order valence-electron chi connectivity index (χ4n) is 2.66. The molecule has 8 heteroatoms. The van der Waals surface area contributed by atoms with E-state index in [0.29, 0.717) is 5.95 Å². The Bertz CT molecular complexity index is 954. The van der Waals surface area contributed by atoms with Crippen molar-refractivity contribution >= 4 is 22.3 Å². The lowest BCUT2D eigenvalue weighted by Gasteiger charge is -2.04. The number of H-pyrrole nitrogens is 1. The van der Waals surface area contributed by atoms with Gasteiger partial charge in [0.2, 0.25) is 5.95 Å². The maximum absolute atomic E-state index is 4.68. The van der Waals surface area contributed by atoms with E-state index < -0.39 is 0 Å². The summed E-state index contributed by atoms with van der Waals surface area (Å²) in [6.45, 7) is 4.09. The molecule has 0 atom stereocenters. The Morgan fingerprint density at radius 3 is 2.88 bits per heavy atom. The number of aromatic nitrogens is 6. The van der Waals surface area contributed by atoms with Crippen LogP contribution in [0.1, 0.15) is 11.4 Å². The molecule has 4 rings (SSSR count). The first-order valence-corrected chi connectivity index (χ1v) is 8.29. The molecule has 7 nitrogen and oxygen atoms in total. The zero-order valence-electron chi connectivity index (χ0n) is 13.2. The summed E-state index contributed by atoms with van der Waals surface area (Å²) < 4.78 is 2.04. The summed E-state index contributed by atoms with van der Waals surface area (Å²) in [4.78, 5) is 13.2. The molecular formula is C16H15N7S. The first-order chi connectivity index (χ1) is 11.7. The van der Waals surface area contributed by atoms with Crippen LogP contribution in [0.3, 0.4) is 0 Å². The molecule has 0 fully saturated rings. The van der Waals surface area contributed by atoms with E-state index in [0.717, 1.165) is 33.6 Å². The molecule has 0 amide bonds. The number of aromatic amines is 1. The molecule has 120 valence electrons. The van der Waals surface area contributed by atoms with E-state index in [1.807, 2.05) is 35.1 Å². The number of anilines is 2. The number of aryl methyl sites for hydroxylation is 1. The Labute approximate surface area is 142 Å². The molecule has 0 aliphatic carbocycles. The van der Waals surface area contributed by atoms with Crippen molar-refractivity contribution in [2.45, 2.75) is 13.8 Å². The van der Waals surface area contributed by atoms with Crippen LogP contribution in [0.2, 0.25) is 0 Å². The van der Waals surface area contributed by atoms with E-state index in [1.54, 1.807) is 17.5 Å². The zero-order valence-corrected chi connectivity index (χ0v) is 14.0. The molecule has 4 aromatic rings. The Morgan fingerprint density at radius 2 is 2.12 bits per heavy atom. The van der Waals surface area contributed by atoms with Gasteiger partial charge >= 0.3 is 0 Å². The van der Waals surface area contributed by atoms with Gasteiger partial charge in [-0.05, 0) is 32.0 Å². The number of thiazole rings is 1. The third-order valence-corrected chi connectivity index (χ3v) is 4.48. The van der Waals surface area contributed by atoms with E-state index in [4.69, 9.17) is 0 Å². The molecule has 0 aliphatic heterocycles. The number of hydrogen-bond acceptors (Lipinski definition) is 6. The standard InChI is InChI=1S/C16H15N7S/c1-10-7-12(11(2)23(10)15-18-9-19-22-15)13-8-24-16(20-13)21-14-5-3-4-6-17-14/h3-9H,1-2H3,(H,17,20,21)(H,18,19,22). The van der Waals surface area contributed by atoms with Crippen LogP contribution < -0.4 is 5.32 Å². The Balaban J connectivity index is 1.67. The topological polar surface area (TPSA) is 84.3 Å². The summed E-state index contributed by atoms with van der Waals surface area (Å²) in [6.07, 6.45) is 3.26. The fourth-order valence-corrected chi connectivity index (χ4v) is 3.37. The molecule has 0 saturated heterocycles. The average Bonchev–Trinajstić information content (AvgIpc) is 3.30. The number of nitrogens with zero attached hydrogens (tertiary/aromatic N) is 5. The van der Waals surface area contributed by atoms with Crippen molar-refractivity contribution in [2.24, 2.45) is 0 Å². The molecule has 0 radical (unpaired) electrons. The van der Waals surface area contributed by atoms with Crippen LogP contribution in [0.5, 0.6) is 0 Å². The predicted octanol–water partition coefficient (Wildman–Crippen LogP) is 3.47. The number of nitrogens with one attached hydrogen (secondary N) is 2. The van der Waals surface area contributed by atoms with Gasteiger partial charge in [-0.15, -0.1) is 11.3 Å². The number of pyridine rings is 1. The second-order valence-electron chi connectivity index (χ2n) is 5.31. The first-order valence-electron chi connectivity index (χ1n) is 7.41. The third-order valence-electron chi connectivity index (χ3n) is 3.73. The van der Waals surface area contributed by atoms with Gasteiger partial charge in [-0.3, -0.25) is 4.57 Å². The molecule has 0 saturated carbocycles. The minimum absolute atomic E-state index is 0.707. The fraction of sp³-hybridized carbons (Fsp3) is 0.125. The van der Waals surface area contributed by atoms with Gasteiger partial charge in [0, 0.05) is 28.5 Å². The van der Waals surface area contributed by atoms with Gasteiger partial charge in [-0.1, -0.05) is 6.07 Å². The number of rotatable bonds is 4. The predicted molar refractivity (Wildman–Crippen MR) is 93.8 cm³/mol. The summed E-state index contributed by atoms with van der Waals surface area (Å²) in [5, 5.41) is 12.9. The van der Waals surface area contributed by atoms with Crippen molar-refractivity contribution in [3.63, 3.8) is 0 Å². The highest BCUT2D eigenvalue weighted by Gasteiger charge is 2.16. The van der Waals surface area contributed by atoms with E-state index in [9.17, 15) is 0 Å². The second kappa shape index (κ2) is 5.89. The van der Waals surface area contributed by atoms with Gasteiger partial charge in [0.1, 0.15) is 12.1 Å². The lowest BCUT2D eigenvalue weighted by atomic mass is 10.2. The molecule has 0 aromatic carbocycles. The van der Waals surface area contributed by atoms with Crippen LogP contribution in [0.4, 0.5) is 10.9 Å². The van der Waals surface area contributed by atoms with Crippen molar-refractivity contribution in [3.8, 4) is 17.2 Å². The normalized spacial score (nSPS) is 10.9. The van der Waals surface area contributed by atoms with Crippen LogP contribution >= 0.6 is 11.3 Å². The molecular weight excluding hydrogens is 322 g/mol. The summed E-state index contributed by atoms with van der Waals surface area (Å²) in [5.74, 6) is 1.49. The van der Waals surface area contributed by atoms with E-state index >= 15 is 0 Å². The van der Waals surface area contributed by atoms with Gasteiger partial charge in [0.25, 0.3) is 0 Å². The minimum atomic E-state index is 0.707. The summed E-state index contributed by atoms with van der Waals surface area (Å²) >= 11 is 1.55. The molecule has 0 unspecified atom stereocenters. The second-order valence-corrected chi connectivity index (χ2v) is 6.17. The van der Waals surface area contributed by atoms with E-state index in [-0.39, 0.29) is 0 Å². The molecule has 4 aromatic heterocycles. The van der Waals surface area contributed by atoms with Crippen molar-refractivity contribution in [3.05, 3.63) is 53.6 Å². The molecule has 2 N–H and O–H groups in total. The molecule has 24 heavy (non-hydrogen) atoms. The highest BCUT2D eigenvalue weighted by atomic mass is 32.1. The van der Waals surface area contributed by atoms with Crippen LogP contribution in [-0.2, 0) is 0 Å². The summed E-state index contributed by atoms with van der Waals surface area (Å²) in [6, 6.07) is 7.85. The van der Waals surface area contributed by atoms with Crippen LogP contribution in [-0.4, -0.2) is 29.7 Å². The average molecular weight is 337 g/mol. The van der Waals surface area contributed by atoms with Crippen LogP contribution in [0, 0.1) is 13.8 Å². The molecule has 0 bridgehead atoms. The Morgan fingerprint density at radius 1 is 1.21 bits per heavy atom. The highest BCUT2D eigenvalue weighted by Crippen LogP contribution is 2.31. The lowest BCUT2D eigenvalue weighted by Crippen LogP contribution is -2.01. The zero-order chi connectivity index (χ0) is 16.5. The van der Waals surface area contributed by atoms with Crippen molar-refractivity contribution in [1.82, 2.24) is 29.7 Å². The maximum Gasteiger partial charge on any atom is 0.229 e. The molecule has 0 aliphatic rings. The van der Waals surface area contributed by atoms with Crippen LogP contribution in [0.15, 0.2) is 42.2 Å². The molecule has 0 spiro atoms. The van der Waals surface area contributed by atoms with E-state index in [2.05, 4.69) is 43.5 Å². The van der Waals surface area contributed by atoms with Crippen molar-refractivity contribution in [2.75, 3.05) is 5.32 Å². The maximum atomic E-state index is 4.68. The minimum Gasteiger partial charge on any atom is -0.316 e. The molecule has 4 heterocycles. The number of hydrogen-bond donors (Lipinski definition) is 2. The monoisotopic (exact) mass is 337 g/mol. The van der Waals surface area contributed by atoms with Gasteiger partial charge < -0.3 is 5.32 Å². The third kappa shape index (κ3) is 2.56. The van der Waals surface area contributed by atoms with Gasteiger partial charge in [-0.25, -0.2) is 15.1 Å². The lowest BCUT2D eigenvalue weighted by molar-refractivity contribution is 0.879. The largest absolute Gasteiger partial charge is 0.316 e. The van der Waals surface area contributed by atoms with Crippen molar-refractivity contribution in [1.29, 1.82) is 0 Å². The first kappa shape index (κ1) is 14.6. The van der Waals surface area contributed by atoms with Crippen LogP contribution in [0.25, 0.3) is 17.2 Å². The van der Waals surface area contributed by atoms with Gasteiger partial charge in [0.05, 0.1) is 5.69 Å². The highest BCUT2D eigenvalue weighted by molar-refractivity contribution is 7.14.